The minimum Gasteiger partial charge on any atom is -0.497 e. The fourth-order valence-corrected chi connectivity index (χ4v) is 1.84. The molecular formula is C12H14O4. The summed E-state index contributed by atoms with van der Waals surface area (Å²) in [6.07, 6.45) is 0.689. The van der Waals surface area contributed by atoms with Gasteiger partial charge in [0.15, 0.2) is 5.78 Å². The molecule has 16 heavy (non-hydrogen) atoms. The number of Topliss-reactive ketones (excluding diaryl/α,β-unsaturated/α-hetero) is 1. The Kier molecular flexibility index (Phi) is 3.10. The van der Waals surface area contributed by atoms with Gasteiger partial charge in [-0.05, 0) is 6.07 Å². The van der Waals surface area contributed by atoms with Crippen LogP contribution in [0.15, 0.2) is 12.1 Å². The maximum Gasteiger partial charge on any atom is 0.189 e. The molecule has 0 saturated carbocycles. The predicted octanol–water partition coefficient (Wildman–Crippen LogP) is 1.46. The van der Waals surface area contributed by atoms with Gasteiger partial charge in [-0.25, -0.2) is 0 Å². The topological polar surface area (TPSA) is 44.8 Å². The second-order valence-electron chi connectivity index (χ2n) is 3.58. The van der Waals surface area contributed by atoms with Crippen molar-refractivity contribution in [2.24, 2.45) is 0 Å². The van der Waals surface area contributed by atoms with Gasteiger partial charge in [-0.1, -0.05) is 0 Å². The predicted molar refractivity (Wildman–Crippen MR) is 58.4 cm³/mol. The summed E-state index contributed by atoms with van der Waals surface area (Å²) >= 11 is 0. The first-order chi connectivity index (χ1) is 7.76. The highest BCUT2D eigenvalue weighted by molar-refractivity contribution is 5.99. The lowest BCUT2D eigenvalue weighted by atomic mass is 10.0. The summed E-state index contributed by atoms with van der Waals surface area (Å²) in [4.78, 5) is 11.8. The number of hydrogen-bond donors (Lipinski definition) is 0. The maximum atomic E-state index is 11.8. The van der Waals surface area contributed by atoms with Gasteiger partial charge in [-0.15, -0.1) is 0 Å². The molecule has 0 spiro atoms. The minimum absolute atomic E-state index is 0.0234. The van der Waals surface area contributed by atoms with Crippen LogP contribution in [0.5, 0.6) is 11.5 Å². The summed E-state index contributed by atoms with van der Waals surface area (Å²) in [5, 5.41) is 0. The van der Waals surface area contributed by atoms with E-state index in [0.717, 1.165) is 5.56 Å². The standard InChI is InChI=1S/C12H14O4/c1-14-8-5-10-9(12(6-8)15-2)3-4-16-7-11(10)13/h5-6H,3-4,7H2,1-2H3. The molecule has 0 amide bonds. The van der Waals surface area contributed by atoms with Crippen LogP contribution in [0.2, 0.25) is 0 Å². The zero-order valence-corrected chi connectivity index (χ0v) is 9.41. The van der Waals surface area contributed by atoms with Crippen LogP contribution in [-0.2, 0) is 11.2 Å². The second kappa shape index (κ2) is 4.53. The average Bonchev–Trinajstić information content (AvgIpc) is 2.50. The van der Waals surface area contributed by atoms with E-state index in [1.54, 1.807) is 26.4 Å². The molecule has 0 aliphatic carbocycles. The Morgan fingerprint density at radius 3 is 2.75 bits per heavy atom. The van der Waals surface area contributed by atoms with Crippen molar-refractivity contribution in [3.8, 4) is 11.5 Å². The van der Waals surface area contributed by atoms with Gasteiger partial charge in [0.1, 0.15) is 18.1 Å². The zero-order chi connectivity index (χ0) is 11.5. The van der Waals surface area contributed by atoms with Gasteiger partial charge < -0.3 is 14.2 Å². The van der Waals surface area contributed by atoms with Crippen LogP contribution >= 0.6 is 0 Å². The normalized spacial score (nSPS) is 15.2. The fourth-order valence-electron chi connectivity index (χ4n) is 1.84. The van der Waals surface area contributed by atoms with Crippen molar-refractivity contribution >= 4 is 5.78 Å². The number of benzene rings is 1. The zero-order valence-electron chi connectivity index (χ0n) is 9.41. The molecule has 1 aromatic rings. The Morgan fingerprint density at radius 2 is 2.06 bits per heavy atom. The summed E-state index contributed by atoms with van der Waals surface area (Å²) in [6, 6.07) is 3.53. The molecule has 0 radical (unpaired) electrons. The van der Waals surface area contributed by atoms with Crippen molar-refractivity contribution in [2.45, 2.75) is 6.42 Å². The number of ketones is 1. The SMILES string of the molecule is COc1cc(OC)c2c(c1)C(=O)COCC2. The molecule has 1 heterocycles. The Morgan fingerprint density at radius 1 is 1.25 bits per heavy atom. The largest absolute Gasteiger partial charge is 0.497 e. The molecule has 0 unspecified atom stereocenters. The molecule has 86 valence electrons. The van der Waals surface area contributed by atoms with Gasteiger partial charge in [-0.3, -0.25) is 4.79 Å². The van der Waals surface area contributed by atoms with E-state index in [0.29, 0.717) is 30.1 Å². The highest BCUT2D eigenvalue weighted by Gasteiger charge is 2.20. The Hall–Kier alpha value is -1.55. The monoisotopic (exact) mass is 222 g/mol. The number of carbonyl (C=O) groups excluding carboxylic acids is 1. The highest BCUT2D eigenvalue weighted by Crippen LogP contribution is 2.30. The third-order valence-electron chi connectivity index (χ3n) is 2.67. The molecule has 1 aliphatic rings. The van der Waals surface area contributed by atoms with Crippen molar-refractivity contribution in [1.29, 1.82) is 0 Å². The maximum absolute atomic E-state index is 11.8. The molecule has 0 N–H and O–H groups in total. The Bertz CT molecular complexity index is 412. The molecule has 0 atom stereocenters. The molecule has 1 aliphatic heterocycles. The van der Waals surface area contributed by atoms with Crippen molar-refractivity contribution in [1.82, 2.24) is 0 Å². The second-order valence-corrected chi connectivity index (χ2v) is 3.58. The molecule has 0 saturated heterocycles. The molecule has 0 fully saturated rings. The molecular weight excluding hydrogens is 208 g/mol. The van der Waals surface area contributed by atoms with Crippen LogP contribution in [-0.4, -0.2) is 33.2 Å². The van der Waals surface area contributed by atoms with Crippen LogP contribution in [0.25, 0.3) is 0 Å². The van der Waals surface area contributed by atoms with Crippen molar-refractivity contribution in [3.63, 3.8) is 0 Å². The third-order valence-corrected chi connectivity index (χ3v) is 2.67. The van der Waals surface area contributed by atoms with E-state index in [2.05, 4.69) is 0 Å². The summed E-state index contributed by atoms with van der Waals surface area (Å²) in [6.45, 7) is 0.671. The lowest BCUT2D eigenvalue weighted by Gasteiger charge is -2.12. The van der Waals surface area contributed by atoms with E-state index in [1.807, 2.05) is 0 Å². The van der Waals surface area contributed by atoms with Crippen molar-refractivity contribution < 1.29 is 19.0 Å². The van der Waals surface area contributed by atoms with Crippen LogP contribution in [0.3, 0.4) is 0 Å². The fraction of sp³-hybridized carbons (Fsp3) is 0.417. The number of carbonyl (C=O) groups is 1. The number of hydrogen-bond acceptors (Lipinski definition) is 4. The van der Waals surface area contributed by atoms with Gasteiger partial charge in [0.05, 0.1) is 20.8 Å². The molecule has 1 aromatic carbocycles. The van der Waals surface area contributed by atoms with E-state index >= 15 is 0 Å². The molecule has 4 heteroatoms. The summed E-state index contributed by atoms with van der Waals surface area (Å²) in [5.41, 5.74) is 1.56. The van der Waals surface area contributed by atoms with Gasteiger partial charge >= 0.3 is 0 Å². The first kappa shape index (κ1) is 11.0. The summed E-state index contributed by atoms with van der Waals surface area (Å²) < 4.78 is 15.6. The minimum atomic E-state index is -0.0234. The van der Waals surface area contributed by atoms with Crippen molar-refractivity contribution in [2.75, 3.05) is 27.4 Å². The van der Waals surface area contributed by atoms with E-state index in [9.17, 15) is 4.79 Å². The average molecular weight is 222 g/mol. The van der Waals surface area contributed by atoms with E-state index in [4.69, 9.17) is 14.2 Å². The number of ether oxygens (including phenoxy) is 3. The lowest BCUT2D eigenvalue weighted by Crippen LogP contribution is -2.07. The highest BCUT2D eigenvalue weighted by atomic mass is 16.5. The number of fused-ring (bicyclic) bond motifs is 1. The van der Waals surface area contributed by atoms with E-state index in [-0.39, 0.29) is 12.4 Å². The van der Waals surface area contributed by atoms with Crippen LogP contribution in [0.1, 0.15) is 15.9 Å². The number of methoxy groups -OCH3 is 2. The van der Waals surface area contributed by atoms with Crippen molar-refractivity contribution in [3.05, 3.63) is 23.3 Å². The lowest BCUT2D eigenvalue weighted by molar-refractivity contribution is 0.0788. The van der Waals surface area contributed by atoms with Gasteiger partial charge in [0.25, 0.3) is 0 Å². The summed E-state index contributed by atoms with van der Waals surface area (Å²) in [5.74, 6) is 1.30. The molecule has 2 rings (SSSR count). The van der Waals surface area contributed by atoms with Gasteiger partial charge in [-0.2, -0.15) is 0 Å². The summed E-state index contributed by atoms with van der Waals surface area (Å²) in [7, 11) is 3.16. The first-order valence-corrected chi connectivity index (χ1v) is 5.12. The Balaban J connectivity index is 2.56. The molecule has 0 aromatic heterocycles. The smallest absolute Gasteiger partial charge is 0.189 e. The van der Waals surface area contributed by atoms with E-state index < -0.39 is 0 Å². The quantitative estimate of drug-likeness (QED) is 0.760. The first-order valence-electron chi connectivity index (χ1n) is 5.12. The molecule has 4 nitrogen and oxygen atoms in total. The number of rotatable bonds is 2. The molecule has 0 bridgehead atoms. The van der Waals surface area contributed by atoms with Crippen LogP contribution < -0.4 is 9.47 Å². The van der Waals surface area contributed by atoms with E-state index in [1.165, 1.54) is 0 Å². The van der Waals surface area contributed by atoms with Gasteiger partial charge in [0, 0.05) is 23.6 Å². The third kappa shape index (κ3) is 1.88. The van der Waals surface area contributed by atoms with Gasteiger partial charge in [0.2, 0.25) is 0 Å². The van der Waals surface area contributed by atoms with Crippen LogP contribution in [0, 0.1) is 0 Å². The van der Waals surface area contributed by atoms with Crippen LogP contribution in [0.4, 0.5) is 0 Å². The Labute approximate surface area is 94.1 Å².